The molecule has 0 saturated heterocycles. The molecule has 29 heavy (non-hydrogen) atoms. The van der Waals surface area contributed by atoms with Gasteiger partial charge < -0.3 is 19.5 Å². The molecule has 1 saturated carbocycles. The van der Waals surface area contributed by atoms with Crippen LogP contribution in [0.2, 0.25) is 0 Å². The van der Waals surface area contributed by atoms with Gasteiger partial charge in [-0.3, -0.25) is 0 Å². The highest BCUT2D eigenvalue weighted by atomic mass is 16.5. The Bertz CT molecular complexity index is 828. The SMILES string of the molecule is COc1ccc(C=C2CCCCC(CN(C)C)C2(O)c2ccccc2OC)cc1. The van der Waals surface area contributed by atoms with Crippen LogP contribution >= 0.6 is 0 Å². The van der Waals surface area contributed by atoms with E-state index in [-0.39, 0.29) is 5.92 Å². The van der Waals surface area contributed by atoms with Crippen molar-refractivity contribution >= 4 is 6.08 Å². The van der Waals surface area contributed by atoms with Crippen molar-refractivity contribution in [3.63, 3.8) is 0 Å². The second-order valence-corrected chi connectivity index (χ2v) is 8.11. The van der Waals surface area contributed by atoms with Gasteiger partial charge in [0.2, 0.25) is 0 Å². The van der Waals surface area contributed by atoms with Crippen LogP contribution in [0.5, 0.6) is 11.5 Å². The molecular formula is C25H33NO3. The van der Waals surface area contributed by atoms with E-state index in [1.54, 1.807) is 14.2 Å². The zero-order chi connectivity index (χ0) is 20.9. The van der Waals surface area contributed by atoms with Crippen molar-refractivity contribution in [3.8, 4) is 11.5 Å². The fraction of sp³-hybridized carbons (Fsp3) is 0.440. The lowest BCUT2D eigenvalue weighted by molar-refractivity contribution is -0.00134. The van der Waals surface area contributed by atoms with E-state index in [9.17, 15) is 5.11 Å². The molecule has 1 fully saturated rings. The first kappa shape index (κ1) is 21.4. The summed E-state index contributed by atoms with van der Waals surface area (Å²) in [6.07, 6.45) is 6.18. The maximum absolute atomic E-state index is 12.4. The average molecular weight is 396 g/mol. The molecule has 0 bridgehead atoms. The molecule has 2 atom stereocenters. The van der Waals surface area contributed by atoms with Crippen LogP contribution in [0.15, 0.2) is 54.1 Å². The van der Waals surface area contributed by atoms with E-state index in [1.165, 1.54) is 0 Å². The maximum Gasteiger partial charge on any atom is 0.125 e. The molecule has 2 aromatic rings. The first-order valence-electron chi connectivity index (χ1n) is 10.3. The van der Waals surface area contributed by atoms with Gasteiger partial charge in [-0.25, -0.2) is 0 Å². The van der Waals surface area contributed by atoms with Gasteiger partial charge in [-0.2, -0.15) is 0 Å². The van der Waals surface area contributed by atoms with Crippen molar-refractivity contribution in [1.29, 1.82) is 0 Å². The lowest BCUT2D eigenvalue weighted by Crippen LogP contribution is -2.41. The van der Waals surface area contributed by atoms with Crippen LogP contribution in [0.3, 0.4) is 0 Å². The zero-order valence-electron chi connectivity index (χ0n) is 18.0. The maximum atomic E-state index is 12.4. The average Bonchev–Trinajstić information content (AvgIpc) is 2.88. The minimum Gasteiger partial charge on any atom is -0.497 e. The van der Waals surface area contributed by atoms with Gasteiger partial charge in [0, 0.05) is 18.0 Å². The van der Waals surface area contributed by atoms with E-state index in [0.29, 0.717) is 0 Å². The molecule has 3 rings (SSSR count). The third kappa shape index (κ3) is 4.65. The van der Waals surface area contributed by atoms with Gasteiger partial charge in [-0.15, -0.1) is 0 Å². The number of nitrogens with zero attached hydrogens (tertiary/aromatic N) is 1. The van der Waals surface area contributed by atoms with E-state index in [1.807, 2.05) is 48.5 Å². The standard InChI is InChI=1S/C25H33NO3/c1-26(2)18-21-10-6-5-9-20(17-19-13-15-22(28-3)16-14-19)25(21,27)23-11-7-8-12-24(23)29-4/h7-8,11-17,21,27H,5-6,9-10,18H2,1-4H3. The molecule has 1 aliphatic rings. The van der Waals surface area contributed by atoms with Crippen LogP contribution < -0.4 is 9.47 Å². The minimum absolute atomic E-state index is 0.0841. The van der Waals surface area contributed by atoms with Crippen LogP contribution in [-0.2, 0) is 5.60 Å². The van der Waals surface area contributed by atoms with Crippen molar-refractivity contribution in [1.82, 2.24) is 4.90 Å². The molecule has 156 valence electrons. The van der Waals surface area contributed by atoms with Crippen LogP contribution in [0.1, 0.15) is 36.8 Å². The Hall–Kier alpha value is -2.30. The third-order valence-electron chi connectivity index (χ3n) is 5.89. The molecule has 0 spiro atoms. The Labute approximate surface area is 174 Å². The molecule has 1 N–H and O–H groups in total. The van der Waals surface area contributed by atoms with Crippen molar-refractivity contribution in [3.05, 3.63) is 65.2 Å². The summed E-state index contributed by atoms with van der Waals surface area (Å²) in [7, 11) is 7.48. The number of para-hydroxylation sites is 1. The van der Waals surface area contributed by atoms with Gasteiger partial charge in [-0.05, 0) is 62.7 Å². The van der Waals surface area contributed by atoms with Gasteiger partial charge in [0.05, 0.1) is 14.2 Å². The molecular weight excluding hydrogens is 362 g/mol. The fourth-order valence-corrected chi connectivity index (χ4v) is 4.47. The molecule has 4 heteroatoms. The van der Waals surface area contributed by atoms with Crippen LogP contribution in [0.25, 0.3) is 6.08 Å². The quantitative estimate of drug-likeness (QED) is 0.718. The predicted octanol–water partition coefficient (Wildman–Crippen LogP) is 4.73. The molecule has 0 aliphatic heterocycles. The monoisotopic (exact) mass is 395 g/mol. The van der Waals surface area contributed by atoms with Crippen molar-refractivity contribution in [2.45, 2.75) is 31.3 Å². The fourth-order valence-electron chi connectivity index (χ4n) is 4.47. The number of rotatable bonds is 6. The molecule has 0 heterocycles. The first-order valence-corrected chi connectivity index (χ1v) is 10.3. The smallest absolute Gasteiger partial charge is 0.125 e. The second-order valence-electron chi connectivity index (χ2n) is 8.11. The Morgan fingerprint density at radius 3 is 2.41 bits per heavy atom. The van der Waals surface area contributed by atoms with Gasteiger partial charge in [-0.1, -0.05) is 42.8 Å². The Balaban J connectivity index is 2.15. The first-order chi connectivity index (χ1) is 14.0. The largest absolute Gasteiger partial charge is 0.497 e. The lowest BCUT2D eigenvalue weighted by atomic mass is 9.73. The normalized spacial score (nSPS) is 23.8. The second kappa shape index (κ2) is 9.47. The van der Waals surface area contributed by atoms with Gasteiger partial charge in [0.25, 0.3) is 0 Å². The number of aliphatic hydroxyl groups is 1. The van der Waals surface area contributed by atoms with Gasteiger partial charge >= 0.3 is 0 Å². The summed E-state index contributed by atoms with van der Waals surface area (Å²) in [6, 6.07) is 15.9. The van der Waals surface area contributed by atoms with Crippen LogP contribution in [-0.4, -0.2) is 44.9 Å². The van der Waals surface area contributed by atoms with E-state index in [4.69, 9.17) is 9.47 Å². The summed E-state index contributed by atoms with van der Waals surface area (Å²) in [5, 5.41) is 12.4. The van der Waals surface area contributed by atoms with Gasteiger partial charge in [0.1, 0.15) is 17.1 Å². The summed E-state index contributed by atoms with van der Waals surface area (Å²) in [5.41, 5.74) is 1.90. The minimum atomic E-state index is -1.08. The number of hydrogen-bond acceptors (Lipinski definition) is 4. The zero-order valence-corrected chi connectivity index (χ0v) is 18.0. The predicted molar refractivity (Wildman–Crippen MR) is 118 cm³/mol. The third-order valence-corrected chi connectivity index (χ3v) is 5.89. The highest BCUT2D eigenvalue weighted by Crippen LogP contribution is 2.48. The van der Waals surface area contributed by atoms with Gasteiger partial charge in [0.15, 0.2) is 0 Å². The molecule has 0 radical (unpaired) electrons. The van der Waals surface area contributed by atoms with Crippen molar-refractivity contribution in [2.75, 3.05) is 34.9 Å². The summed E-state index contributed by atoms with van der Waals surface area (Å²) in [5.74, 6) is 1.65. The number of hydrogen-bond donors (Lipinski definition) is 1. The highest BCUT2D eigenvalue weighted by Gasteiger charge is 2.44. The molecule has 0 amide bonds. The van der Waals surface area contributed by atoms with E-state index >= 15 is 0 Å². The number of methoxy groups -OCH3 is 2. The highest BCUT2D eigenvalue weighted by molar-refractivity contribution is 5.59. The summed E-state index contributed by atoms with van der Waals surface area (Å²) in [6.45, 7) is 0.814. The molecule has 4 nitrogen and oxygen atoms in total. The Morgan fingerprint density at radius 2 is 1.76 bits per heavy atom. The number of benzene rings is 2. The topological polar surface area (TPSA) is 41.9 Å². The summed E-state index contributed by atoms with van der Waals surface area (Å²) < 4.78 is 11.0. The Kier molecular flexibility index (Phi) is 6.99. The molecule has 2 aromatic carbocycles. The van der Waals surface area contributed by atoms with Crippen molar-refractivity contribution in [2.24, 2.45) is 5.92 Å². The van der Waals surface area contributed by atoms with Crippen LogP contribution in [0.4, 0.5) is 0 Å². The van der Waals surface area contributed by atoms with Crippen LogP contribution in [0, 0.1) is 5.92 Å². The summed E-state index contributed by atoms with van der Waals surface area (Å²) in [4.78, 5) is 2.17. The number of ether oxygens (including phenoxy) is 2. The molecule has 2 unspecified atom stereocenters. The van der Waals surface area contributed by atoms with E-state index in [0.717, 1.165) is 60.4 Å². The Morgan fingerprint density at radius 1 is 1.03 bits per heavy atom. The molecule has 1 aliphatic carbocycles. The lowest BCUT2D eigenvalue weighted by Gasteiger charge is -2.39. The van der Waals surface area contributed by atoms with Crippen molar-refractivity contribution < 1.29 is 14.6 Å². The summed E-state index contributed by atoms with van der Waals surface area (Å²) >= 11 is 0. The van der Waals surface area contributed by atoms with E-state index in [2.05, 4.69) is 25.1 Å². The van der Waals surface area contributed by atoms with E-state index < -0.39 is 5.60 Å². The molecule has 0 aromatic heterocycles.